The van der Waals surface area contributed by atoms with Crippen LogP contribution in [0.5, 0.6) is 0 Å². The van der Waals surface area contributed by atoms with Crippen molar-refractivity contribution in [1.82, 2.24) is 5.32 Å². The molecule has 0 radical (unpaired) electrons. The van der Waals surface area contributed by atoms with E-state index in [9.17, 15) is 4.79 Å². The summed E-state index contributed by atoms with van der Waals surface area (Å²) in [6, 6.07) is 14.1. The van der Waals surface area contributed by atoms with Gasteiger partial charge in [-0.25, -0.2) is 4.79 Å². The minimum atomic E-state index is -1.06. The van der Waals surface area contributed by atoms with Gasteiger partial charge in [0.25, 0.3) is 0 Å². The normalized spacial score (nSPS) is 21.1. The lowest BCUT2D eigenvalue weighted by atomic mass is 9.97. The van der Waals surface area contributed by atoms with Crippen molar-refractivity contribution in [3.05, 3.63) is 60.0 Å². The van der Waals surface area contributed by atoms with E-state index in [1.54, 1.807) is 0 Å². The second-order valence-electron chi connectivity index (χ2n) is 4.80. The Morgan fingerprint density at radius 1 is 1.25 bits per heavy atom. The number of fused-ring (bicyclic) bond motifs is 1. The Bertz CT molecular complexity index is 708. The van der Waals surface area contributed by atoms with Crippen molar-refractivity contribution in [2.45, 2.75) is 19.1 Å². The molecule has 1 aliphatic heterocycles. The number of hydrogen-bond acceptors (Lipinski definition) is 3. The summed E-state index contributed by atoms with van der Waals surface area (Å²) in [4.78, 5) is 11.0. The first-order chi connectivity index (χ1) is 9.64. The Labute approximate surface area is 116 Å². The van der Waals surface area contributed by atoms with E-state index in [0.29, 0.717) is 6.42 Å². The molecule has 2 aromatic rings. The van der Waals surface area contributed by atoms with Crippen LogP contribution in [0.25, 0.3) is 10.8 Å². The molecule has 0 amide bonds. The van der Waals surface area contributed by atoms with Gasteiger partial charge in [-0.2, -0.15) is 0 Å². The molecule has 0 aromatic heterocycles. The smallest absolute Gasteiger partial charge is 0.372 e. The maximum Gasteiger partial charge on any atom is 0.372 e. The van der Waals surface area contributed by atoms with E-state index in [0.717, 1.165) is 16.3 Å². The summed E-state index contributed by atoms with van der Waals surface area (Å²) in [6.07, 6.45) is 2.04. The largest absolute Gasteiger partial charge is 0.475 e. The lowest BCUT2D eigenvalue weighted by Crippen LogP contribution is -2.37. The number of aliphatic carboxylic acids is 1. The summed E-state index contributed by atoms with van der Waals surface area (Å²) < 4.78 is 5.65. The molecule has 0 saturated heterocycles. The molecule has 1 unspecified atom stereocenters. The van der Waals surface area contributed by atoms with Crippen LogP contribution in [0.3, 0.4) is 0 Å². The predicted molar refractivity (Wildman–Crippen MR) is 75.9 cm³/mol. The van der Waals surface area contributed by atoms with Gasteiger partial charge in [-0.3, -0.25) is 0 Å². The molecule has 1 heterocycles. The van der Waals surface area contributed by atoms with E-state index in [-0.39, 0.29) is 5.76 Å². The van der Waals surface area contributed by atoms with Gasteiger partial charge in [-0.15, -0.1) is 0 Å². The second kappa shape index (κ2) is 4.56. The second-order valence-corrected chi connectivity index (χ2v) is 4.80. The first kappa shape index (κ1) is 12.5. The maximum atomic E-state index is 11.0. The SMILES string of the molecule is CCC1(c2ccc3ccccc3c2)NC=C(C(=O)O)O1. The predicted octanol–water partition coefficient (Wildman–Crippen LogP) is 2.95. The zero-order valence-corrected chi connectivity index (χ0v) is 11.1. The van der Waals surface area contributed by atoms with Crippen LogP contribution < -0.4 is 5.32 Å². The van der Waals surface area contributed by atoms with Crippen LogP contribution in [-0.4, -0.2) is 11.1 Å². The highest BCUT2D eigenvalue weighted by molar-refractivity contribution is 5.85. The summed E-state index contributed by atoms with van der Waals surface area (Å²) in [7, 11) is 0. The molecule has 20 heavy (non-hydrogen) atoms. The van der Waals surface area contributed by atoms with Crippen molar-refractivity contribution in [3.63, 3.8) is 0 Å². The highest BCUT2D eigenvalue weighted by atomic mass is 16.5. The van der Waals surface area contributed by atoms with E-state index in [4.69, 9.17) is 9.84 Å². The Kier molecular flexibility index (Phi) is 2.86. The number of carboxylic acid groups (broad SMARTS) is 1. The number of hydrogen-bond donors (Lipinski definition) is 2. The van der Waals surface area contributed by atoms with E-state index in [2.05, 4.69) is 5.32 Å². The maximum absolute atomic E-state index is 11.0. The van der Waals surface area contributed by atoms with E-state index < -0.39 is 11.7 Å². The first-order valence-corrected chi connectivity index (χ1v) is 6.54. The third-order valence-electron chi connectivity index (χ3n) is 3.65. The van der Waals surface area contributed by atoms with Crippen LogP contribution in [0.15, 0.2) is 54.4 Å². The standard InChI is InChI=1S/C16H15NO3/c1-2-16(17-10-14(20-16)15(18)19)13-8-7-11-5-3-4-6-12(11)9-13/h3-10,17H,2H2,1H3,(H,18,19). The van der Waals surface area contributed by atoms with Crippen LogP contribution >= 0.6 is 0 Å². The summed E-state index contributed by atoms with van der Waals surface area (Å²) in [5, 5.41) is 14.3. The number of carboxylic acids is 1. The average molecular weight is 269 g/mol. The van der Waals surface area contributed by atoms with Crippen LogP contribution in [0, 0.1) is 0 Å². The molecule has 2 aromatic carbocycles. The molecule has 2 N–H and O–H groups in total. The molecule has 0 aliphatic carbocycles. The molecule has 4 nitrogen and oxygen atoms in total. The molecule has 1 aliphatic rings. The van der Waals surface area contributed by atoms with Gasteiger partial charge in [0.05, 0.1) is 6.20 Å². The van der Waals surface area contributed by atoms with Gasteiger partial charge < -0.3 is 15.2 Å². The lowest BCUT2D eigenvalue weighted by molar-refractivity contribution is -0.139. The molecule has 3 rings (SSSR count). The lowest BCUT2D eigenvalue weighted by Gasteiger charge is -2.29. The van der Waals surface area contributed by atoms with Gasteiger partial charge in [0.2, 0.25) is 11.5 Å². The van der Waals surface area contributed by atoms with Crippen molar-refractivity contribution in [2.24, 2.45) is 0 Å². The zero-order chi connectivity index (χ0) is 14.2. The number of rotatable bonds is 3. The average Bonchev–Trinajstić information content (AvgIpc) is 2.93. The Balaban J connectivity index is 2.02. The molecule has 102 valence electrons. The van der Waals surface area contributed by atoms with E-state index in [1.165, 1.54) is 6.20 Å². The first-order valence-electron chi connectivity index (χ1n) is 6.54. The van der Waals surface area contributed by atoms with E-state index in [1.807, 2.05) is 49.4 Å². The fraction of sp³-hybridized carbons (Fsp3) is 0.188. The Morgan fingerprint density at radius 2 is 2.00 bits per heavy atom. The Hall–Kier alpha value is -2.49. The van der Waals surface area contributed by atoms with Crippen molar-refractivity contribution in [3.8, 4) is 0 Å². The highest BCUT2D eigenvalue weighted by Crippen LogP contribution is 2.34. The topological polar surface area (TPSA) is 58.6 Å². The highest BCUT2D eigenvalue weighted by Gasteiger charge is 2.38. The van der Waals surface area contributed by atoms with Crippen LogP contribution in [-0.2, 0) is 15.3 Å². The molecule has 1 atom stereocenters. The third kappa shape index (κ3) is 1.90. The van der Waals surface area contributed by atoms with Gasteiger partial charge in [0, 0.05) is 12.0 Å². The molecule has 0 saturated carbocycles. The number of carbonyl (C=O) groups is 1. The van der Waals surface area contributed by atoms with Gasteiger partial charge in [-0.1, -0.05) is 43.3 Å². The fourth-order valence-corrected chi connectivity index (χ4v) is 2.50. The van der Waals surface area contributed by atoms with Gasteiger partial charge >= 0.3 is 5.97 Å². The zero-order valence-electron chi connectivity index (χ0n) is 11.1. The fourth-order valence-electron chi connectivity index (χ4n) is 2.50. The van der Waals surface area contributed by atoms with Crippen LogP contribution in [0.4, 0.5) is 0 Å². The van der Waals surface area contributed by atoms with Gasteiger partial charge in [0.15, 0.2) is 0 Å². The molecule has 4 heteroatoms. The van der Waals surface area contributed by atoms with Crippen LogP contribution in [0.1, 0.15) is 18.9 Å². The monoisotopic (exact) mass is 269 g/mol. The number of ether oxygens (including phenoxy) is 1. The summed E-state index contributed by atoms with van der Waals surface area (Å²) in [6.45, 7) is 1.96. The van der Waals surface area contributed by atoms with E-state index >= 15 is 0 Å². The Morgan fingerprint density at radius 3 is 2.65 bits per heavy atom. The summed E-state index contributed by atoms with van der Waals surface area (Å²) in [5.74, 6) is -1.12. The molecule has 0 spiro atoms. The van der Waals surface area contributed by atoms with Crippen molar-refractivity contribution < 1.29 is 14.6 Å². The summed E-state index contributed by atoms with van der Waals surface area (Å²) >= 11 is 0. The molecular weight excluding hydrogens is 254 g/mol. The van der Waals surface area contributed by atoms with Crippen molar-refractivity contribution >= 4 is 16.7 Å². The van der Waals surface area contributed by atoms with Gasteiger partial charge in [0.1, 0.15) is 0 Å². The minimum Gasteiger partial charge on any atom is -0.475 e. The van der Waals surface area contributed by atoms with Crippen LogP contribution in [0.2, 0.25) is 0 Å². The molecular formula is C16H15NO3. The van der Waals surface area contributed by atoms with Gasteiger partial charge in [-0.05, 0) is 16.8 Å². The number of benzene rings is 2. The number of nitrogens with one attached hydrogen (secondary N) is 1. The third-order valence-corrected chi connectivity index (χ3v) is 3.65. The molecule has 0 fully saturated rings. The minimum absolute atomic E-state index is 0.0555. The van der Waals surface area contributed by atoms with Crippen molar-refractivity contribution in [2.75, 3.05) is 0 Å². The summed E-state index contributed by atoms with van der Waals surface area (Å²) in [5.41, 5.74) is 0.129. The van der Waals surface area contributed by atoms with Crippen molar-refractivity contribution in [1.29, 1.82) is 0 Å². The molecule has 0 bridgehead atoms. The quantitative estimate of drug-likeness (QED) is 0.899.